The van der Waals surface area contributed by atoms with Crippen LogP contribution in [0, 0.1) is 6.92 Å². The van der Waals surface area contributed by atoms with Gasteiger partial charge in [-0.2, -0.15) is 11.8 Å². The Morgan fingerprint density at radius 2 is 2.06 bits per heavy atom. The number of hydrogen-bond donors (Lipinski definition) is 0. The van der Waals surface area contributed by atoms with Gasteiger partial charge in [0.2, 0.25) is 0 Å². The quantitative estimate of drug-likeness (QED) is 0.715. The first kappa shape index (κ1) is 14.4. The Morgan fingerprint density at radius 3 is 2.71 bits per heavy atom. The molecule has 0 aliphatic rings. The van der Waals surface area contributed by atoms with Crippen molar-refractivity contribution < 1.29 is 13.2 Å². The highest BCUT2D eigenvalue weighted by Gasteiger charge is 2.01. The minimum Gasteiger partial charge on any atom is -0.493 e. The van der Waals surface area contributed by atoms with Crippen LogP contribution in [0.3, 0.4) is 0 Å². The number of ether oxygens (including phenoxy) is 1. The molecule has 0 spiro atoms. The zero-order chi connectivity index (χ0) is 12.7. The van der Waals surface area contributed by atoms with Crippen molar-refractivity contribution in [2.75, 3.05) is 30.1 Å². The molecule has 0 bridgehead atoms. The fraction of sp³-hybridized carbons (Fsp3) is 0.500. The average molecular weight is 274 g/mol. The number of sulfone groups is 1. The largest absolute Gasteiger partial charge is 0.493 e. The van der Waals surface area contributed by atoms with Gasteiger partial charge >= 0.3 is 0 Å². The fourth-order valence-corrected chi connectivity index (χ4v) is 3.32. The summed E-state index contributed by atoms with van der Waals surface area (Å²) in [6.07, 6.45) is 1.26. The minimum atomic E-state index is -2.83. The minimum absolute atomic E-state index is 0.238. The first-order valence-electron chi connectivity index (χ1n) is 5.42. The van der Waals surface area contributed by atoms with Crippen LogP contribution < -0.4 is 4.74 Å². The summed E-state index contributed by atoms with van der Waals surface area (Å²) in [5, 5.41) is 0. The molecule has 0 aliphatic heterocycles. The van der Waals surface area contributed by atoms with Crippen LogP contribution in [0.25, 0.3) is 0 Å². The van der Waals surface area contributed by atoms with Gasteiger partial charge in [-0.25, -0.2) is 8.42 Å². The number of benzene rings is 1. The van der Waals surface area contributed by atoms with E-state index >= 15 is 0 Å². The molecule has 3 nitrogen and oxygen atoms in total. The van der Waals surface area contributed by atoms with E-state index in [0.717, 1.165) is 11.5 Å². The highest BCUT2D eigenvalue weighted by molar-refractivity contribution is 8.00. The van der Waals surface area contributed by atoms with Crippen molar-refractivity contribution in [1.82, 2.24) is 0 Å². The molecule has 0 saturated heterocycles. The number of hydrogen-bond acceptors (Lipinski definition) is 4. The zero-order valence-corrected chi connectivity index (χ0v) is 11.8. The molecule has 17 heavy (non-hydrogen) atoms. The topological polar surface area (TPSA) is 43.4 Å². The van der Waals surface area contributed by atoms with Gasteiger partial charge in [-0.05, 0) is 24.6 Å². The fourth-order valence-electron chi connectivity index (χ4n) is 1.24. The van der Waals surface area contributed by atoms with Crippen molar-refractivity contribution in [1.29, 1.82) is 0 Å². The van der Waals surface area contributed by atoms with Gasteiger partial charge in [0.25, 0.3) is 0 Å². The first-order chi connectivity index (χ1) is 7.97. The number of aryl methyl sites for hydroxylation is 1. The summed E-state index contributed by atoms with van der Waals surface area (Å²) < 4.78 is 27.3. The monoisotopic (exact) mass is 274 g/mol. The molecular weight excluding hydrogens is 256 g/mol. The van der Waals surface area contributed by atoms with Gasteiger partial charge in [0.1, 0.15) is 15.6 Å². The second kappa shape index (κ2) is 6.91. The number of rotatable bonds is 7. The SMILES string of the molecule is Cc1cccc(OCCSCCS(C)(=O)=O)c1. The molecule has 0 radical (unpaired) electrons. The number of thioether (sulfide) groups is 1. The van der Waals surface area contributed by atoms with Gasteiger partial charge in [-0.3, -0.25) is 0 Å². The van der Waals surface area contributed by atoms with E-state index in [1.807, 2.05) is 31.2 Å². The maximum absolute atomic E-state index is 10.9. The third kappa shape index (κ3) is 7.28. The van der Waals surface area contributed by atoms with Crippen molar-refractivity contribution in [3.05, 3.63) is 29.8 Å². The molecule has 0 fully saturated rings. The lowest BCUT2D eigenvalue weighted by Gasteiger charge is -2.06. The van der Waals surface area contributed by atoms with E-state index in [1.54, 1.807) is 11.8 Å². The van der Waals surface area contributed by atoms with E-state index in [2.05, 4.69) is 0 Å². The van der Waals surface area contributed by atoms with Gasteiger partial charge in [0.05, 0.1) is 12.4 Å². The Balaban J connectivity index is 2.13. The molecular formula is C12H18O3S2. The van der Waals surface area contributed by atoms with Crippen LogP contribution in [-0.4, -0.2) is 38.5 Å². The first-order valence-corrected chi connectivity index (χ1v) is 8.64. The lowest BCUT2D eigenvalue weighted by molar-refractivity contribution is 0.344. The second-order valence-electron chi connectivity index (χ2n) is 3.91. The average Bonchev–Trinajstić information content (AvgIpc) is 2.22. The van der Waals surface area contributed by atoms with Crippen LogP contribution >= 0.6 is 11.8 Å². The molecule has 0 aromatic heterocycles. The van der Waals surface area contributed by atoms with E-state index < -0.39 is 9.84 Å². The summed E-state index contributed by atoms with van der Waals surface area (Å²) in [6.45, 7) is 2.63. The Bertz CT molecular complexity index is 441. The highest BCUT2D eigenvalue weighted by atomic mass is 32.2. The Morgan fingerprint density at radius 1 is 1.29 bits per heavy atom. The van der Waals surface area contributed by atoms with E-state index in [9.17, 15) is 8.42 Å². The van der Waals surface area contributed by atoms with Gasteiger partial charge in [0, 0.05) is 17.8 Å². The third-order valence-corrected chi connectivity index (χ3v) is 4.24. The van der Waals surface area contributed by atoms with Crippen LogP contribution in [0.1, 0.15) is 5.56 Å². The molecule has 5 heteroatoms. The summed E-state index contributed by atoms with van der Waals surface area (Å²) in [5.74, 6) is 2.55. The summed E-state index contributed by atoms with van der Waals surface area (Å²) >= 11 is 1.60. The molecule has 0 amide bonds. The van der Waals surface area contributed by atoms with Crippen molar-refractivity contribution in [2.24, 2.45) is 0 Å². The molecule has 0 heterocycles. The maximum Gasteiger partial charge on any atom is 0.148 e. The zero-order valence-electron chi connectivity index (χ0n) is 10.2. The Hall–Kier alpha value is -0.680. The van der Waals surface area contributed by atoms with Gasteiger partial charge < -0.3 is 4.74 Å². The highest BCUT2D eigenvalue weighted by Crippen LogP contribution is 2.12. The maximum atomic E-state index is 10.9. The van der Waals surface area contributed by atoms with Gasteiger partial charge in [0.15, 0.2) is 0 Å². The smallest absolute Gasteiger partial charge is 0.148 e. The van der Waals surface area contributed by atoms with Crippen LogP contribution in [0.4, 0.5) is 0 Å². The summed E-state index contributed by atoms with van der Waals surface area (Å²) in [4.78, 5) is 0. The molecule has 0 atom stereocenters. The van der Waals surface area contributed by atoms with Crippen molar-refractivity contribution in [2.45, 2.75) is 6.92 Å². The van der Waals surface area contributed by atoms with E-state index in [0.29, 0.717) is 12.4 Å². The van der Waals surface area contributed by atoms with Crippen LogP contribution in [0.5, 0.6) is 5.75 Å². The predicted octanol–water partition coefficient (Wildman–Crippen LogP) is 2.15. The second-order valence-corrected chi connectivity index (χ2v) is 7.39. The van der Waals surface area contributed by atoms with E-state index in [-0.39, 0.29) is 5.75 Å². The molecule has 1 aromatic carbocycles. The van der Waals surface area contributed by atoms with Crippen molar-refractivity contribution in [3.8, 4) is 5.75 Å². The van der Waals surface area contributed by atoms with Crippen molar-refractivity contribution in [3.63, 3.8) is 0 Å². The van der Waals surface area contributed by atoms with E-state index in [4.69, 9.17) is 4.74 Å². The van der Waals surface area contributed by atoms with Crippen LogP contribution in [0.2, 0.25) is 0 Å². The molecule has 1 rings (SSSR count). The summed E-state index contributed by atoms with van der Waals surface area (Å²) in [5.41, 5.74) is 1.17. The molecule has 0 saturated carbocycles. The van der Waals surface area contributed by atoms with Crippen LogP contribution in [0.15, 0.2) is 24.3 Å². The predicted molar refractivity (Wildman–Crippen MR) is 73.7 cm³/mol. The molecule has 0 unspecified atom stereocenters. The lowest BCUT2D eigenvalue weighted by Crippen LogP contribution is -2.07. The lowest BCUT2D eigenvalue weighted by atomic mass is 10.2. The van der Waals surface area contributed by atoms with Gasteiger partial charge in [-0.15, -0.1) is 0 Å². The van der Waals surface area contributed by atoms with E-state index in [1.165, 1.54) is 11.8 Å². The molecule has 96 valence electrons. The summed E-state index contributed by atoms with van der Waals surface area (Å²) in [6, 6.07) is 7.89. The molecule has 0 aliphatic carbocycles. The summed E-state index contributed by atoms with van der Waals surface area (Å²) in [7, 11) is -2.83. The van der Waals surface area contributed by atoms with Crippen LogP contribution in [-0.2, 0) is 9.84 Å². The Labute approximate surface area is 107 Å². The molecule has 0 N–H and O–H groups in total. The normalized spacial score (nSPS) is 11.4. The van der Waals surface area contributed by atoms with Crippen molar-refractivity contribution >= 4 is 21.6 Å². The van der Waals surface area contributed by atoms with Gasteiger partial charge in [-0.1, -0.05) is 12.1 Å². The standard InChI is InChI=1S/C12H18O3S2/c1-11-4-3-5-12(10-11)15-6-7-16-8-9-17(2,13)14/h3-5,10H,6-9H2,1-2H3. The third-order valence-electron chi connectivity index (χ3n) is 2.08. The molecule has 1 aromatic rings. The Kier molecular flexibility index (Phi) is 5.85.